The second-order valence-corrected chi connectivity index (χ2v) is 15.9. The summed E-state index contributed by atoms with van der Waals surface area (Å²) in [4.78, 5) is 13.7. The molecule has 6 aromatic carbocycles. The zero-order chi connectivity index (χ0) is 45.2. The number of hydrogen-bond acceptors (Lipinski definition) is 10. The number of hydrogen-bond donors (Lipinski definition) is 0. The Morgan fingerprint density at radius 1 is 0.530 bits per heavy atom. The third-order valence-corrected chi connectivity index (χ3v) is 11.0. The average molecular weight is 889 g/mol. The molecule has 2 heterocycles. The number of ether oxygens (including phenoxy) is 8. The molecule has 0 spiro atoms. The molecule has 0 amide bonds. The van der Waals surface area contributed by atoms with E-state index in [9.17, 15) is 4.79 Å². The summed E-state index contributed by atoms with van der Waals surface area (Å²) in [6.45, 7) is 3.90. The van der Waals surface area contributed by atoms with Gasteiger partial charge in [0.15, 0.2) is 5.75 Å². The van der Waals surface area contributed by atoms with E-state index in [1.54, 1.807) is 18.2 Å². The molecule has 0 saturated carbocycles. The molecule has 340 valence electrons. The second kappa shape index (κ2) is 24.1. The van der Waals surface area contributed by atoms with Gasteiger partial charge in [-0.15, -0.1) is 0 Å². The van der Waals surface area contributed by atoms with Crippen LogP contribution in [0.1, 0.15) is 47.6 Å². The van der Waals surface area contributed by atoms with Crippen molar-refractivity contribution >= 4 is 11.0 Å². The van der Waals surface area contributed by atoms with E-state index in [1.165, 1.54) is 0 Å². The predicted molar refractivity (Wildman–Crippen MR) is 253 cm³/mol. The summed E-state index contributed by atoms with van der Waals surface area (Å²) >= 11 is 0. The van der Waals surface area contributed by atoms with Gasteiger partial charge >= 0.3 is 5.63 Å². The Hall–Kier alpha value is -6.53. The van der Waals surface area contributed by atoms with E-state index in [4.69, 9.17) is 42.3 Å². The van der Waals surface area contributed by atoms with Crippen LogP contribution >= 0.6 is 0 Å². The molecule has 10 heteroatoms. The fraction of sp³-hybridized carbons (Fsp3) is 0.268. The summed E-state index contributed by atoms with van der Waals surface area (Å²) in [6, 6.07) is 54.9. The van der Waals surface area contributed by atoms with Gasteiger partial charge in [-0.25, -0.2) is 4.79 Å². The van der Waals surface area contributed by atoms with Crippen LogP contribution in [0.15, 0.2) is 191 Å². The standard InChI is InChI=1S/C56H56O10/c1-2-3-4-20-33-59-53-50(60-36-42-23-12-6-13-24-42)47-32-31-46(34-48(47)65-55(53)57)64-56-54(63-39-45-29-18-9-19-30-45)52(62-38-44-27-16-8-17-28-44)51(61-37-43-25-14-7-15-26-43)49(66-56)40-58-35-41-21-10-5-11-22-41/h3-19,21-32,34,49,51-52,54,56H,2,20,33,35-40H2,1H3/t49-,51-,52+,54-,56-/m1/s1. The second-order valence-electron chi connectivity index (χ2n) is 15.9. The van der Waals surface area contributed by atoms with Crippen molar-refractivity contribution in [1.82, 2.24) is 0 Å². The van der Waals surface area contributed by atoms with Crippen LogP contribution in [0.25, 0.3) is 11.0 Å². The van der Waals surface area contributed by atoms with E-state index in [1.807, 2.05) is 158 Å². The SMILES string of the molecule is CCC=CCCOc1c(OCc2ccccc2)c2ccc(O[C@@H]3O[C@H](COCc4ccccc4)[C@@H](OCc4ccccc4)[C@H](OCc4ccccc4)[C@H]3OCc3ccccc3)cc2oc1=O. The molecule has 8 rings (SSSR count). The van der Waals surface area contributed by atoms with Gasteiger partial charge in [0.25, 0.3) is 0 Å². The first-order valence-corrected chi connectivity index (χ1v) is 22.6. The van der Waals surface area contributed by atoms with Gasteiger partial charge in [0, 0.05) is 6.07 Å². The molecular weight excluding hydrogens is 833 g/mol. The lowest BCUT2D eigenvalue weighted by Crippen LogP contribution is -2.62. The van der Waals surface area contributed by atoms with E-state index in [0.29, 0.717) is 30.8 Å². The van der Waals surface area contributed by atoms with Crippen molar-refractivity contribution in [3.8, 4) is 17.2 Å². The van der Waals surface area contributed by atoms with Crippen molar-refractivity contribution < 1.29 is 42.3 Å². The van der Waals surface area contributed by atoms with Crippen molar-refractivity contribution in [1.29, 1.82) is 0 Å². The Morgan fingerprint density at radius 2 is 1.05 bits per heavy atom. The highest BCUT2D eigenvalue weighted by Gasteiger charge is 2.50. The number of rotatable bonds is 23. The fourth-order valence-electron chi connectivity index (χ4n) is 7.70. The van der Waals surface area contributed by atoms with Gasteiger partial charge in [-0.1, -0.05) is 171 Å². The lowest BCUT2D eigenvalue weighted by atomic mass is 9.97. The molecule has 1 aliphatic heterocycles. The zero-order valence-electron chi connectivity index (χ0n) is 37.2. The van der Waals surface area contributed by atoms with Crippen molar-refractivity contribution in [2.45, 2.75) is 83.5 Å². The minimum absolute atomic E-state index is 0.0142. The highest BCUT2D eigenvalue weighted by Crippen LogP contribution is 2.37. The topological polar surface area (TPSA) is 104 Å². The largest absolute Gasteiger partial charge is 0.484 e. The number of allylic oxidation sites excluding steroid dienone is 1. The quantitative estimate of drug-likeness (QED) is 0.0350. The summed E-state index contributed by atoms with van der Waals surface area (Å²) in [5.74, 6) is 0.670. The van der Waals surface area contributed by atoms with Crippen LogP contribution in [0.4, 0.5) is 0 Å². The van der Waals surface area contributed by atoms with E-state index in [-0.39, 0.29) is 50.1 Å². The first-order chi connectivity index (χ1) is 32.6. The van der Waals surface area contributed by atoms with E-state index >= 15 is 0 Å². The van der Waals surface area contributed by atoms with Crippen LogP contribution in [0.3, 0.4) is 0 Å². The van der Waals surface area contributed by atoms with Gasteiger partial charge in [0.2, 0.25) is 12.0 Å². The molecule has 66 heavy (non-hydrogen) atoms. The molecule has 1 aliphatic rings. The molecule has 0 aliphatic carbocycles. The van der Waals surface area contributed by atoms with Crippen molar-refractivity contribution in [2.75, 3.05) is 13.2 Å². The Bertz CT molecular complexity index is 2590. The van der Waals surface area contributed by atoms with E-state index < -0.39 is 36.3 Å². The molecule has 0 N–H and O–H groups in total. The predicted octanol–water partition coefficient (Wildman–Crippen LogP) is 11.2. The highest BCUT2D eigenvalue weighted by atomic mass is 16.7. The molecule has 0 bridgehead atoms. The lowest BCUT2D eigenvalue weighted by Gasteiger charge is -2.45. The summed E-state index contributed by atoms with van der Waals surface area (Å²) in [5.41, 5.74) is 4.49. The third kappa shape index (κ3) is 12.8. The number of benzene rings is 6. The lowest BCUT2D eigenvalue weighted by molar-refractivity contribution is -0.310. The van der Waals surface area contributed by atoms with Crippen LogP contribution in [0.5, 0.6) is 17.2 Å². The Balaban J connectivity index is 1.14. The zero-order valence-corrected chi connectivity index (χ0v) is 37.2. The summed E-state index contributed by atoms with van der Waals surface area (Å²) in [6.07, 6.45) is 1.75. The van der Waals surface area contributed by atoms with Gasteiger partial charge in [0.05, 0.1) is 45.0 Å². The first kappa shape index (κ1) is 46.0. The summed E-state index contributed by atoms with van der Waals surface area (Å²) < 4.78 is 59.0. The van der Waals surface area contributed by atoms with Crippen LogP contribution in [0, 0.1) is 0 Å². The van der Waals surface area contributed by atoms with Crippen molar-refractivity contribution in [3.63, 3.8) is 0 Å². The van der Waals surface area contributed by atoms with Gasteiger partial charge in [0.1, 0.15) is 42.4 Å². The summed E-state index contributed by atoms with van der Waals surface area (Å²) in [5, 5.41) is 0.545. The fourth-order valence-corrected chi connectivity index (χ4v) is 7.70. The molecule has 10 nitrogen and oxygen atoms in total. The van der Waals surface area contributed by atoms with E-state index in [0.717, 1.165) is 34.2 Å². The Labute approximate surface area is 386 Å². The highest BCUT2D eigenvalue weighted by molar-refractivity contribution is 5.86. The molecule has 7 aromatic rings. The maximum absolute atomic E-state index is 13.7. The van der Waals surface area contributed by atoms with Gasteiger partial charge in [-0.2, -0.15) is 0 Å². The minimum atomic E-state index is -1.03. The monoisotopic (exact) mass is 888 g/mol. The normalized spacial score (nSPS) is 18.3. The average Bonchev–Trinajstić information content (AvgIpc) is 3.36. The third-order valence-electron chi connectivity index (χ3n) is 11.0. The molecule has 1 saturated heterocycles. The Kier molecular flexibility index (Phi) is 16.8. The van der Waals surface area contributed by atoms with Crippen LogP contribution < -0.4 is 19.8 Å². The minimum Gasteiger partial charge on any atom is -0.484 e. The van der Waals surface area contributed by atoms with Gasteiger partial charge in [-0.05, 0) is 52.8 Å². The Morgan fingerprint density at radius 3 is 1.61 bits per heavy atom. The van der Waals surface area contributed by atoms with Crippen molar-refractivity contribution in [2.24, 2.45) is 0 Å². The molecule has 5 atom stereocenters. The van der Waals surface area contributed by atoms with Gasteiger partial charge in [-0.3, -0.25) is 0 Å². The molecule has 1 aromatic heterocycles. The van der Waals surface area contributed by atoms with Crippen LogP contribution in [0.2, 0.25) is 0 Å². The summed E-state index contributed by atoms with van der Waals surface area (Å²) in [7, 11) is 0. The molecular formula is C56H56O10. The number of fused-ring (bicyclic) bond motifs is 1. The van der Waals surface area contributed by atoms with E-state index in [2.05, 4.69) is 13.0 Å². The molecule has 0 unspecified atom stereocenters. The smallest absolute Gasteiger partial charge is 0.383 e. The molecule has 0 radical (unpaired) electrons. The van der Waals surface area contributed by atoms with Crippen LogP contribution in [-0.2, 0) is 56.7 Å². The van der Waals surface area contributed by atoms with Gasteiger partial charge < -0.3 is 42.3 Å². The van der Waals surface area contributed by atoms with Crippen molar-refractivity contribution in [3.05, 3.63) is 220 Å². The maximum atomic E-state index is 13.7. The van der Waals surface area contributed by atoms with Crippen LogP contribution in [-0.4, -0.2) is 43.9 Å². The first-order valence-electron chi connectivity index (χ1n) is 22.6. The molecule has 1 fully saturated rings. The maximum Gasteiger partial charge on any atom is 0.383 e.